The van der Waals surface area contributed by atoms with E-state index in [-0.39, 0.29) is 11.3 Å². The van der Waals surface area contributed by atoms with Crippen molar-refractivity contribution < 1.29 is 9.78 Å². The van der Waals surface area contributed by atoms with Crippen LogP contribution in [0.15, 0.2) is 24.3 Å². The molecule has 3 N–H and O–H groups in total. The molecule has 5 heteroatoms. The Bertz CT molecular complexity index is 784. The molecule has 2 aromatic rings. The number of aryl methyl sites for hydroxylation is 1. The van der Waals surface area contributed by atoms with Crippen molar-refractivity contribution in [2.75, 3.05) is 18.4 Å². The van der Waals surface area contributed by atoms with Crippen molar-refractivity contribution in [3.63, 3.8) is 0 Å². The quantitative estimate of drug-likeness (QED) is 0.830. The first-order valence-corrected chi connectivity index (χ1v) is 8.16. The summed E-state index contributed by atoms with van der Waals surface area (Å²) in [4.78, 5) is 15.1. The normalized spacial score (nSPS) is 11.1. The van der Waals surface area contributed by atoms with Gasteiger partial charge >= 0.3 is 0 Å². The van der Waals surface area contributed by atoms with E-state index in [1.54, 1.807) is 0 Å². The van der Waals surface area contributed by atoms with E-state index in [4.69, 9.17) is 0 Å². The van der Waals surface area contributed by atoms with E-state index < -0.39 is 0 Å². The smallest absolute Gasteiger partial charge is 0.290 e. The Labute approximate surface area is 143 Å². The molecule has 24 heavy (non-hydrogen) atoms. The molecule has 126 valence electrons. The van der Waals surface area contributed by atoms with Gasteiger partial charge in [0.15, 0.2) is 0 Å². The van der Waals surface area contributed by atoms with E-state index in [0.29, 0.717) is 30.9 Å². The molecule has 1 aromatic carbocycles. The predicted molar refractivity (Wildman–Crippen MR) is 95.5 cm³/mol. The maximum Gasteiger partial charge on any atom is 0.290 e. The highest BCUT2D eigenvalue weighted by atomic mass is 16.1. The van der Waals surface area contributed by atoms with Gasteiger partial charge in [-0.25, -0.2) is 4.98 Å². The van der Waals surface area contributed by atoms with E-state index in [1.165, 1.54) is 0 Å². The summed E-state index contributed by atoms with van der Waals surface area (Å²) < 4.78 is 0. The van der Waals surface area contributed by atoms with Crippen LogP contribution in [-0.2, 0) is 4.79 Å². The third-order valence-electron chi connectivity index (χ3n) is 3.60. The second kappa shape index (κ2) is 7.31. The summed E-state index contributed by atoms with van der Waals surface area (Å²) in [5, 5.41) is 16.4. The number of nitrogens with one attached hydrogen (secondary N) is 3. The fourth-order valence-corrected chi connectivity index (χ4v) is 2.51. The lowest BCUT2D eigenvalue weighted by atomic mass is 9.92. The van der Waals surface area contributed by atoms with Crippen molar-refractivity contribution in [1.29, 1.82) is 5.26 Å². The second-order valence-electron chi connectivity index (χ2n) is 7.27. The Morgan fingerprint density at radius 2 is 2.00 bits per heavy atom. The highest BCUT2D eigenvalue weighted by molar-refractivity contribution is 5.79. The molecule has 0 saturated carbocycles. The number of nitriles is 1. The largest absolute Gasteiger partial charge is 0.352 e. The third kappa shape index (κ3) is 4.95. The summed E-state index contributed by atoms with van der Waals surface area (Å²) in [6.07, 6.45) is 0.498. The molecule has 1 heterocycles. The number of carbonyl (C=O) groups excluding carboxylic acids is 1. The molecule has 0 spiro atoms. The number of anilines is 1. The van der Waals surface area contributed by atoms with Crippen molar-refractivity contribution in [3.8, 4) is 6.07 Å². The predicted octanol–water partition coefficient (Wildman–Crippen LogP) is 2.80. The Balaban J connectivity index is 1.99. The van der Waals surface area contributed by atoms with Crippen LogP contribution in [0.4, 0.5) is 5.82 Å². The molecule has 5 nitrogen and oxygen atoms in total. The lowest BCUT2D eigenvalue weighted by molar-refractivity contribution is -0.327. The van der Waals surface area contributed by atoms with Crippen molar-refractivity contribution in [3.05, 3.63) is 35.4 Å². The molecule has 1 amide bonds. The number of hydrogen-bond donors (Lipinski definition) is 2. The SMILES string of the molecule is Cc1ccc2[nH+]c(NCCNC(=O)CC(C)(C)C)c(C#N)cc2c1. The molecule has 0 aliphatic carbocycles. The highest BCUT2D eigenvalue weighted by Gasteiger charge is 2.16. The molecule has 0 unspecified atom stereocenters. The number of fused-ring (bicyclic) bond motifs is 1. The van der Waals surface area contributed by atoms with Crippen molar-refractivity contribution in [1.82, 2.24) is 5.32 Å². The summed E-state index contributed by atoms with van der Waals surface area (Å²) >= 11 is 0. The van der Waals surface area contributed by atoms with Gasteiger partial charge in [0.2, 0.25) is 5.91 Å². The van der Waals surface area contributed by atoms with Crippen LogP contribution in [-0.4, -0.2) is 19.0 Å². The maximum atomic E-state index is 11.8. The van der Waals surface area contributed by atoms with E-state index in [0.717, 1.165) is 16.5 Å². The fraction of sp³-hybridized carbons (Fsp3) is 0.421. The fourth-order valence-electron chi connectivity index (χ4n) is 2.51. The van der Waals surface area contributed by atoms with Crippen molar-refractivity contribution in [2.24, 2.45) is 5.41 Å². The van der Waals surface area contributed by atoms with Crippen LogP contribution in [0.5, 0.6) is 0 Å². The molecule has 1 aromatic heterocycles. The summed E-state index contributed by atoms with van der Waals surface area (Å²) in [5.74, 6) is 0.724. The molecule has 0 fully saturated rings. The average molecular weight is 325 g/mol. The van der Waals surface area contributed by atoms with E-state index in [2.05, 4.69) is 21.7 Å². The van der Waals surface area contributed by atoms with Gasteiger partial charge in [-0.05, 0) is 30.5 Å². The number of rotatable bonds is 5. The Morgan fingerprint density at radius 1 is 1.25 bits per heavy atom. The van der Waals surface area contributed by atoms with Crippen LogP contribution in [0.2, 0.25) is 0 Å². The van der Waals surface area contributed by atoms with Crippen LogP contribution in [0.1, 0.15) is 38.3 Å². The minimum absolute atomic E-state index is 0.0181. The number of pyridine rings is 1. The zero-order chi connectivity index (χ0) is 17.7. The number of aromatic nitrogens is 1. The van der Waals surface area contributed by atoms with Gasteiger partial charge in [0, 0.05) is 11.8 Å². The summed E-state index contributed by atoms with van der Waals surface area (Å²) in [5.41, 5.74) is 2.67. The maximum absolute atomic E-state index is 11.8. The first-order chi connectivity index (χ1) is 11.3. The molecule has 0 aliphatic rings. The molecule has 0 saturated heterocycles. The average Bonchev–Trinajstić information content (AvgIpc) is 2.49. The topological polar surface area (TPSA) is 79.1 Å². The second-order valence-corrected chi connectivity index (χ2v) is 7.27. The minimum Gasteiger partial charge on any atom is -0.352 e. The number of carbonyl (C=O) groups is 1. The molecule has 0 aliphatic heterocycles. The van der Waals surface area contributed by atoms with Crippen molar-refractivity contribution in [2.45, 2.75) is 34.1 Å². The van der Waals surface area contributed by atoms with Gasteiger partial charge in [-0.3, -0.25) is 10.1 Å². The highest BCUT2D eigenvalue weighted by Crippen LogP contribution is 2.18. The summed E-state index contributed by atoms with van der Waals surface area (Å²) in [7, 11) is 0. The summed E-state index contributed by atoms with van der Waals surface area (Å²) in [6, 6.07) is 10.2. The van der Waals surface area contributed by atoms with Crippen LogP contribution >= 0.6 is 0 Å². The van der Waals surface area contributed by atoms with Gasteiger partial charge in [-0.15, -0.1) is 0 Å². The molecule has 2 rings (SSSR count). The standard InChI is InChI=1S/C19H24N4O/c1-13-5-6-16-14(9-13)10-15(12-20)18(23-16)22-8-7-21-17(24)11-19(2,3)4/h5-6,9-10H,7-8,11H2,1-4H3,(H,21,24)(H,22,23)/p+1. The van der Waals surface area contributed by atoms with E-state index in [1.807, 2.05) is 52.0 Å². The monoisotopic (exact) mass is 325 g/mol. The zero-order valence-corrected chi connectivity index (χ0v) is 14.8. The van der Waals surface area contributed by atoms with Gasteiger partial charge < -0.3 is 5.32 Å². The molecule has 0 atom stereocenters. The molecule has 0 radical (unpaired) electrons. The lowest BCUT2D eigenvalue weighted by Crippen LogP contribution is -2.32. The van der Waals surface area contributed by atoms with Gasteiger partial charge in [0.05, 0.1) is 6.54 Å². The van der Waals surface area contributed by atoms with Gasteiger partial charge in [-0.1, -0.05) is 32.4 Å². The Kier molecular flexibility index (Phi) is 5.40. The number of aromatic amines is 1. The first-order valence-electron chi connectivity index (χ1n) is 8.16. The molecular weight excluding hydrogens is 300 g/mol. The van der Waals surface area contributed by atoms with E-state index >= 15 is 0 Å². The number of amides is 1. The van der Waals surface area contributed by atoms with Crippen LogP contribution in [0.3, 0.4) is 0 Å². The van der Waals surface area contributed by atoms with Crippen LogP contribution in [0, 0.1) is 23.7 Å². The lowest BCUT2D eigenvalue weighted by Gasteiger charge is -2.16. The number of nitrogens with zero attached hydrogens (tertiary/aromatic N) is 1. The molecule has 0 bridgehead atoms. The van der Waals surface area contributed by atoms with Gasteiger partial charge in [0.25, 0.3) is 5.82 Å². The van der Waals surface area contributed by atoms with Gasteiger partial charge in [-0.2, -0.15) is 5.26 Å². The minimum atomic E-state index is -0.0181. The van der Waals surface area contributed by atoms with Gasteiger partial charge in [0.1, 0.15) is 23.7 Å². The summed E-state index contributed by atoms with van der Waals surface area (Å²) in [6.45, 7) is 9.21. The number of hydrogen-bond acceptors (Lipinski definition) is 3. The van der Waals surface area contributed by atoms with Crippen LogP contribution in [0.25, 0.3) is 10.9 Å². The van der Waals surface area contributed by atoms with Crippen molar-refractivity contribution >= 4 is 22.6 Å². The molecular formula is C19H25N4O+. The number of benzene rings is 1. The van der Waals surface area contributed by atoms with E-state index in [9.17, 15) is 10.1 Å². The zero-order valence-electron chi connectivity index (χ0n) is 14.8. The number of H-pyrrole nitrogens is 1. The third-order valence-corrected chi connectivity index (χ3v) is 3.60. The first kappa shape index (κ1) is 17.7. The Hall–Kier alpha value is -2.61. The van der Waals surface area contributed by atoms with Crippen LogP contribution < -0.4 is 15.6 Å². The Morgan fingerprint density at radius 3 is 2.67 bits per heavy atom.